The Morgan fingerprint density at radius 2 is 1.58 bits per heavy atom. The number of amides is 2. The Morgan fingerprint density at radius 3 is 2.30 bits per heavy atom. The van der Waals surface area contributed by atoms with E-state index in [9.17, 15) is 14.0 Å². The number of carbonyl (C=O) groups excluding carboxylic acids is 2. The van der Waals surface area contributed by atoms with Crippen molar-refractivity contribution in [1.82, 2.24) is 10.2 Å². The van der Waals surface area contributed by atoms with Crippen molar-refractivity contribution in [1.29, 1.82) is 0 Å². The molecule has 3 aromatic rings. The molecule has 33 heavy (non-hydrogen) atoms. The second-order valence-electron chi connectivity index (χ2n) is 8.25. The van der Waals surface area contributed by atoms with Crippen LogP contribution < -0.4 is 10.1 Å². The average Bonchev–Trinajstić information content (AvgIpc) is 2.87. The molecule has 170 valence electrons. The molecule has 4 rings (SSSR count). The number of piperidine rings is 1. The Bertz CT molecular complexity index is 1070. The van der Waals surface area contributed by atoms with Gasteiger partial charge in [0.05, 0.1) is 5.92 Å². The van der Waals surface area contributed by atoms with Crippen LogP contribution in [0.5, 0.6) is 5.75 Å². The maximum absolute atomic E-state index is 13.9. The molecule has 1 aliphatic rings. The maximum Gasteiger partial charge on any atom is 0.260 e. The lowest BCUT2D eigenvalue weighted by Crippen LogP contribution is -2.49. The molecule has 0 spiro atoms. The fourth-order valence-corrected chi connectivity index (χ4v) is 4.18. The lowest BCUT2D eigenvalue weighted by Gasteiger charge is -2.37. The minimum absolute atomic E-state index is 0.0323. The van der Waals surface area contributed by atoms with E-state index in [4.69, 9.17) is 4.74 Å². The highest BCUT2D eigenvalue weighted by Gasteiger charge is 2.34. The van der Waals surface area contributed by atoms with E-state index in [1.54, 1.807) is 35.2 Å². The van der Waals surface area contributed by atoms with E-state index in [1.807, 2.05) is 48.5 Å². The normalized spacial score (nSPS) is 17.9. The van der Waals surface area contributed by atoms with E-state index in [-0.39, 0.29) is 36.7 Å². The number of nitrogens with one attached hydrogen (secondary N) is 1. The second-order valence-corrected chi connectivity index (χ2v) is 8.25. The van der Waals surface area contributed by atoms with Crippen molar-refractivity contribution >= 4 is 11.8 Å². The fourth-order valence-electron chi connectivity index (χ4n) is 4.18. The summed E-state index contributed by atoms with van der Waals surface area (Å²) in [6.45, 7) is 0.861. The molecule has 1 fully saturated rings. The van der Waals surface area contributed by atoms with Crippen molar-refractivity contribution in [3.63, 3.8) is 0 Å². The molecule has 1 aliphatic heterocycles. The van der Waals surface area contributed by atoms with E-state index in [0.717, 1.165) is 5.56 Å². The molecular weight excluding hydrogens is 419 g/mol. The van der Waals surface area contributed by atoms with Crippen molar-refractivity contribution in [3.8, 4) is 5.75 Å². The molecule has 0 unspecified atom stereocenters. The largest absolute Gasteiger partial charge is 0.484 e. The number of hydrogen-bond donors (Lipinski definition) is 1. The van der Waals surface area contributed by atoms with Gasteiger partial charge in [0.15, 0.2) is 6.61 Å². The number of benzene rings is 3. The zero-order chi connectivity index (χ0) is 23.0. The van der Waals surface area contributed by atoms with E-state index >= 15 is 0 Å². The number of hydrogen-bond acceptors (Lipinski definition) is 3. The first-order chi connectivity index (χ1) is 16.1. The van der Waals surface area contributed by atoms with Crippen LogP contribution in [0.2, 0.25) is 0 Å². The summed E-state index contributed by atoms with van der Waals surface area (Å²) < 4.78 is 19.6. The quantitative estimate of drug-likeness (QED) is 0.593. The van der Waals surface area contributed by atoms with Crippen LogP contribution in [0.3, 0.4) is 0 Å². The predicted octanol–water partition coefficient (Wildman–Crippen LogP) is 4.15. The number of likely N-dealkylation sites (tertiary alicyclic amines) is 1. The summed E-state index contributed by atoms with van der Waals surface area (Å²) in [6.07, 6.45) is 0.621. The van der Waals surface area contributed by atoms with Crippen LogP contribution >= 0.6 is 0 Å². The molecule has 0 radical (unpaired) electrons. The third kappa shape index (κ3) is 5.98. The molecule has 0 aromatic heterocycles. The average molecular weight is 447 g/mol. The van der Waals surface area contributed by atoms with Gasteiger partial charge >= 0.3 is 0 Å². The molecule has 1 saturated heterocycles. The highest BCUT2D eigenvalue weighted by molar-refractivity contribution is 5.82. The Balaban J connectivity index is 1.44. The van der Waals surface area contributed by atoms with Gasteiger partial charge in [0.2, 0.25) is 5.91 Å². The van der Waals surface area contributed by atoms with Crippen LogP contribution in [0.25, 0.3) is 0 Å². The Morgan fingerprint density at radius 1 is 0.909 bits per heavy atom. The minimum atomic E-state index is -0.392. The van der Waals surface area contributed by atoms with Gasteiger partial charge < -0.3 is 15.0 Å². The Kier molecular flexibility index (Phi) is 7.35. The molecule has 0 bridgehead atoms. The highest BCUT2D eigenvalue weighted by Crippen LogP contribution is 2.30. The minimum Gasteiger partial charge on any atom is -0.484 e. The van der Waals surface area contributed by atoms with E-state index in [1.165, 1.54) is 6.07 Å². The molecule has 1 N–H and O–H groups in total. The summed E-state index contributed by atoms with van der Waals surface area (Å²) in [5, 5.41) is 2.85. The third-order valence-electron chi connectivity index (χ3n) is 5.96. The Hall–Kier alpha value is -3.67. The molecule has 1 heterocycles. The Labute approximate surface area is 193 Å². The van der Waals surface area contributed by atoms with Crippen molar-refractivity contribution < 1.29 is 18.7 Å². The van der Waals surface area contributed by atoms with Gasteiger partial charge in [-0.2, -0.15) is 0 Å². The van der Waals surface area contributed by atoms with Gasteiger partial charge in [-0.15, -0.1) is 0 Å². The van der Waals surface area contributed by atoms with E-state index < -0.39 is 5.92 Å². The standard InChI is InChI=1S/C27H27FN2O3/c28-25-14-8-7-11-21(25)16-29-27(32)23-15-22(20-9-3-1-4-10-20)17-30(18-23)26(31)19-33-24-12-5-2-6-13-24/h1-14,22-23H,15-19H2,(H,29,32)/t22-,23-/m1/s1. The molecule has 5 nitrogen and oxygen atoms in total. The van der Waals surface area contributed by atoms with Crippen LogP contribution in [-0.2, 0) is 16.1 Å². The van der Waals surface area contributed by atoms with Crippen LogP contribution in [0, 0.1) is 11.7 Å². The molecule has 3 aromatic carbocycles. The summed E-state index contributed by atoms with van der Waals surface area (Å²) in [6, 6.07) is 25.5. The van der Waals surface area contributed by atoms with Crippen LogP contribution in [0.1, 0.15) is 23.5 Å². The predicted molar refractivity (Wildman–Crippen MR) is 124 cm³/mol. The first-order valence-corrected chi connectivity index (χ1v) is 11.1. The van der Waals surface area contributed by atoms with E-state index in [0.29, 0.717) is 30.8 Å². The summed E-state index contributed by atoms with van der Waals surface area (Å²) in [4.78, 5) is 27.7. The van der Waals surface area contributed by atoms with Crippen molar-refractivity contribution in [2.45, 2.75) is 18.9 Å². The number of ether oxygens (including phenoxy) is 1. The van der Waals surface area contributed by atoms with E-state index in [2.05, 4.69) is 5.32 Å². The van der Waals surface area contributed by atoms with Crippen molar-refractivity contribution in [3.05, 3.63) is 102 Å². The molecule has 2 amide bonds. The fraction of sp³-hybridized carbons (Fsp3) is 0.259. The lowest BCUT2D eigenvalue weighted by molar-refractivity contribution is -0.138. The molecular formula is C27H27FN2O3. The first-order valence-electron chi connectivity index (χ1n) is 11.1. The SMILES string of the molecule is O=C(NCc1ccccc1F)[C@@H]1C[C@@H](c2ccccc2)CN(C(=O)COc2ccccc2)C1. The number of para-hydroxylation sites is 1. The summed E-state index contributed by atoms with van der Waals surface area (Å²) in [5.74, 6) is -0.423. The second kappa shape index (κ2) is 10.8. The van der Waals surface area contributed by atoms with Crippen LogP contribution in [0.4, 0.5) is 4.39 Å². The van der Waals surface area contributed by atoms with Gasteiger partial charge in [-0.05, 0) is 30.2 Å². The van der Waals surface area contributed by atoms with Gasteiger partial charge in [-0.1, -0.05) is 66.7 Å². The monoisotopic (exact) mass is 446 g/mol. The van der Waals surface area contributed by atoms with Crippen LogP contribution in [0.15, 0.2) is 84.9 Å². The summed E-state index contributed by atoms with van der Waals surface area (Å²) >= 11 is 0. The van der Waals surface area contributed by atoms with Crippen molar-refractivity contribution in [2.24, 2.45) is 5.92 Å². The molecule has 2 atom stereocenters. The van der Waals surface area contributed by atoms with Gasteiger partial charge in [0.1, 0.15) is 11.6 Å². The number of rotatable bonds is 7. The summed E-state index contributed by atoms with van der Waals surface area (Å²) in [7, 11) is 0. The zero-order valence-corrected chi connectivity index (χ0v) is 18.3. The van der Waals surface area contributed by atoms with Crippen LogP contribution in [-0.4, -0.2) is 36.4 Å². The van der Waals surface area contributed by atoms with Gasteiger partial charge in [0.25, 0.3) is 5.91 Å². The van der Waals surface area contributed by atoms with Gasteiger partial charge in [-0.3, -0.25) is 9.59 Å². The third-order valence-corrected chi connectivity index (χ3v) is 5.96. The number of nitrogens with zero attached hydrogens (tertiary/aromatic N) is 1. The number of carbonyl (C=O) groups is 2. The number of halogens is 1. The lowest BCUT2D eigenvalue weighted by atomic mass is 9.84. The summed E-state index contributed by atoms with van der Waals surface area (Å²) in [5.41, 5.74) is 1.52. The molecule has 6 heteroatoms. The molecule has 0 saturated carbocycles. The topological polar surface area (TPSA) is 58.6 Å². The smallest absolute Gasteiger partial charge is 0.260 e. The van der Waals surface area contributed by atoms with Crippen molar-refractivity contribution in [2.75, 3.05) is 19.7 Å². The van der Waals surface area contributed by atoms with Gasteiger partial charge in [0, 0.05) is 31.1 Å². The zero-order valence-electron chi connectivity index (χ0n) is 18.3. The van der Waals surface area contributed by atoms with Gasteiger partial charge in [-0.25, -0.2) is 4.39 Å². The maximum atomic E-state index is 13.9. The first kappa shape index (κ1) is 22.5. The highest BCUT2D eigenvalue weighted by atomic mass is 19.1. The molecule has 0 aliphatic carbocycles.